The molecule has 1 rings (SSSR count). The summed E-state index contributed by atoms with van der Waals surface area (Å²) in [7, 11) is -3.43. The van der Waals surface area contributed by atoms with Crippen LogP contribution in [0.25, 0.3) is 0 Å². The van der Waals surface area contributed by atoms with E-state index in [9.17, 15) is 0 Å². The van der Waals surface area contributed by atoms with Crippen LogP contribution in [-0.2, 0) is 0 Å². The SMILES string of the molecule is CC(C)N(C(C)C)[Si](F)(NC(C)(C)C)c1ccccc1. The lowest BCUT2D eigenvalue weighted by molar-refractivity contribution is 0.256. The predicted molar refractivity (Wildman–Crippen MR) is 87.9 cm³/mol. The summed E-state index contributed by atoms with van der Waals surface area (Å²) in [5, 5.41) is 0.789. The number of nitrogens with one attached hydrogen (secondary N) is 1. The van der Waals surface area contributed by atoms with Crippen molar-refractivity contribution in [1.29, 1.82) is 0 Å². The van der Waals surface area contributed by atoms with Crippen molar-refractivity contribution in [3.8, 4) is 0 Å². The van der Waals surface area contributed by atoms with Crippen molar-refractivity contribution >= 4 is 13.9 Å². The summed E-state index contributed by atoms with van der Waals surface area (Å²) in [4.78, 5) is 3.31. The molecule has 0 aliphatic carbocycles. The Morgan fingerprint density at radius 3 is 1.80 bits per heavy atom. The van der Waals surface area contributed by atoms with Crippen LogP contribution in [0.1, 0.15) is 48.5 Å². The van der Waals surface area contributed by atoms with E-state index in [4.69, 9.17) is 0 Å². The Bertz CT molecular complexity index is 406. The monoisotopic (exact) mass is 296 g/mol. The summed E-state index contributed by atoms with van der Waals surface area (Å²) in [6.45, 7) is 14.3. The lowest BCUT2D eigenvalue weighted by Gasteiger charge is -2.44. The molecule has 1 aromatic carbocycles. The minimum absolute atomic E-state index is 0.154. The molecule has 0 aromatic heterocycles. The summed E-state index contributed by atoms with van der Waals surface area (Å²) in [5.74, 6) is 0. The Morgan fingerprint density at radius 2 is 1.45 bits per heavy atom. The van der Waals surface area contributed by atoms with Crippen molar-refractivity contribution in [3.05, 3.63) is 30.3 Å². The van der Waals surface area contributed by atoms with Crippen LogP contribution >= 0.6 is 0 Å². The Kier molecular flexibility index (Phi) is 5.52. The smallest absolute Gasteiger partial charge is 0.292 e. The molecule has 0 spiro atoms. The van der Waals surface area contributed by atoms with Crippen LogP contribution in [0.3, 0.4) is 0 Å². The van der Waals surface area contributed by atoms with Gasteiger partial charge in [0.05, 0.1) is 0 Å². The van der Waals surface area contributed by atoms with Crippen LogP contribution in [0.2, 0.25) is 0 Å². The molecule has 0 radical (unpaired) electrons. The van der Waals surface area contributed by atoms with Gasteiger partial charge in [-0.15, -0.1) is 0 Å². The number of nitrogens with zero attached hydrogens (tertiary/aromatic N) is 1. The first-order valence-electron chi connectivity index (χ1n) is 7.40. The summed E-state index contributed by atoms with van der Waals surface area (Å²) < 4.78 is 18.2. The van der Waals surface area contributed by atoms with Gasteiger partial charge in [-0.1, -0.05) is 58.0 Å². The van der Waals surface area contributed by atoms with Gasteiger partial charge < -0.3 is 0 Å². The van der Waals surface area contributed by atoms with E-state index in [0.717, 1.165) is 5.19 Å². The van der Waals surface area contributed by atoms with Crippen LogP contribution in [0.4, 0.5) is 4.11 Å². The van der Waals surface area contributed by atoms with Crippen molar-refractivity contribution in [1.82, 2.24) is 9.55 Å². The number of hydrogen-bond donors (Lipinski definition) is 1. The first kappa shape index (κ1) is 17.3. The highest BCUT2D eigenvalue weighted by atomic mass is 28.4. The minimum Gasteiger partial charge on any atom is -0.292 e. The third-order valence-corrected chi connectivity index (χ3v) is 7.09. The summed E-state index contributed by atoms with van der Waals surface area (Å²) in [6.07, 6.45) is 0. The predicted octanol–water partition coefficient (Wildman–Crippen LogP) is 3.31. The molecule has 4 heteroatoms. The highest BCUT2D eigenvalue weighted by molar-refractivity contribution is 6.81. The molecule has 0 aliphatic heterocycles. The molecule has 0 fully saturated rings. The number of rotatable bonds is 5. The second-order valence-electron chi connectivity index (χ2n) is 6.96. The third kappa shape index (κ3) is 4.14. The molecule has 0 bridgehead atoms. The van der Waals surface area contributed by atoms with Crippen molar-refractivity contribution in [3.63, 3.8) is 0 Å². The summed E-state index contributed by atoms with van der Waals surface area (Å²) >= 11 is 0. The van der Waals surface area contributed by atoms with E-state index < -0.39 is 8.73 Å². The molecule has 1 atom stereocenters. The summed E-state index contributed by atoms with van der Waals surface area (Å²) in [6, 6.07) is 9.89. The van der Waals surface area contributed by atoms with Gasteiger partial charge in [-0.25, -0.2) is 0 Å². The van der Waals surface area contributed by atoms with E-state index in [-0.39, 0.29) is 17.6 Å². The normalized spacial score (nSPS) is 15.9. The lowest BCUT2D eigenvalue weighted by atomic mass is 10.1. The molecule has 20 heavy (non-hydrogen) atoms. The van der Waals surface area contributed by atoms with Crippen molar-refractivity contribution in [2.24, 2.45) is 0 Å². The molecule has 1 N–H and O–H groups in total. The van der Waals surface area contributed by atoms with E-state index in [1.54, 1.807) is 0 Å². The van der Waals surface area contributed by atoms with Crippen molar-refractivity contribution in [2.45, 2.75) is 66.1 Å². The van der Waals surface area contributed by atoms with Gasteiger partial charge in [0.1, 0.15) is 0 Å². The minimum atomic E-state index is -3.43. The Labute approximate surface area is 124 Å². The van der Waals surface area contributed by atoms with Gasteiger partial charge in [-0.05, 0) is 20.8 Å². The highest BCUT2D eigenvalue weighted by Gasteiger charge is 2.48. The van der Waals surface area contributed by atoms with Crippen LogP contribution < -0.4 is 10.2 Å². The molecule has 1 unspecified atom stereocenters. The first-order valence-corrected chi connectivity index (χ1v) is 9.22. The highest BCUT2D eigenvalue weighted by Crippen LogP contribution is 2.20. The van der Waals surface area contributed by atoms with E-state index in [1.807, 2.05) is 55.7 Å². The topological polar surface area (TPSA) is 15.3 Å². The fraction of sp³-hybridized carbons (Fsp3) is 0.625. The van der Waals surface area contributed by atoms with Crippen molar-refractivity contribution in [2.75, 3.05) is 0 Å². The molecular formula is C16H29FN2Si. The molecule has 2 nitrogen and oxygen atoms in total. The maximum atomic E-state index is 16.1. The summed E-state index contributed by atoms with van der Waals surface area (Å²) in [5.41, 5.74) is -0.265. The first-order chi connectivity index (χ1) is 9.08. The zero-order valence-electron chi connectivity index (χ0n) is 13.9. The van der Waals surface area contributed by atoms with Crippen molar-refractivity contribution < 1.29 is 4.11 Å². The van der Waals surface area contributed by atoms with Crippen LogP contribution in [0.5, 0.6) is 0 Å². The molecule has 0 saturated carbocycles. The molecule has 0 amide bonds. The molecular weight excluding hydrogens is 267 g/mol. The van der Waals surface area contributed by atoms with E-state index >= 15 is 4.11 Å². The number of benzene rings is 1. The Morgan fingerprint density at radius 1 is 1.00 bits per heavy atom. The van der Waals surface area contributed by atoms with Gasteiger partial charge in [-0.2, -0.15) is 0 Å². The maximum absolute atomic E-state index is 16.1. The van der Waals surface area contributed by atoms with Gasteiger partial charge in [-0.3, -0.25) is 13.7 Å². The molecule has 0 saturated heterocycles. The van der Waals surface area contributed by atoms with E-state index in [0.29, 0.717) is 0 Å². The van der Waals surface area contributed by atoms with Gasteiger partial charge in [0.15, 0.2) is 0 Å². The van der Waals surface area contributed by atoms with Gasteiger partial charge in [0, 0.05) is 22.8 Å². The van der Waals surface area contributed by atoms with Gasteiger partial charge in [0.2, 0.25) is 0 Å². The third-order valence-electron chi connectivity index (χ3n) is 3.17. The fourth-order valence-corrected chi connectivity index (χ4v) is 6.37. The molecule has 1 aromatic rings. The number of halogens is 1. The van der Waals surface area contributed by atoms with Crippen LogP contribution in [-0.4, -0.2) is 30.9 Å². The quantitative estimate of drug-likeness (QED) is 0.662. The van der Waals surface area contributed by atoms with E-state index in [1.165, 1.54) is 0 Å². The second-order valence-corrected chi connectivity index (χ2v) is 9.55. The van der Waals surface area contributed by atoms with E-state index in [2.05, 4.69) is 32.7 Å². The fourth-order valence-electron chi connectivity index (χ4n) is 2.75. The van der Waals surface area contributed by atoms with Gasteiger partial charge in [0.25, 0.3) is 0 Å². The molecule has 114 valence electrons. The molecule has 0 aliphatic rings. The van der Waals surface area contributed by atoms with Crippen LogP contribution in [0, 0.1) is 0 Å². The zero-order chi connectivity index (χ0) is 15.6. The van der Waals surface area contributed by atoms with Crippen LogP contribution in [0.15, 0.2) is 30.3 Å². The largest absolute Gasteiger partial charge is 0.432 e. The lowest BCUT2D eigenvalue weighted by Crippen LogP contribution is -2.75. The average Bonchev–Trinajstić information content (AvgIpc) is 2.26. The standard InChI is InChI=1S/C16H29FN2Si/c1-13(2)19(14(3)4)20(17,18-16(5,6)7)15-11-9-8-10-12-15/h8-14,18H,1-7H3. The Balaban J connectivity index is 3.33. The second kappa shape index (κ2) is 6.37. The van der Waals surface area contributed by atoms with Gasteiger partial charge >= 0.3 is 8.73 Å². The maximum Gasteiger partial charge on any atom is 0.432 e. The zero-order valence-corrected chi connectivity index (χ0v) is 14.9. The number of hydrogen-bond acceptors (Lipinski definition) is 2. The average molecular weight is 297 g/mol. The molecule has 0 heterocycles. The Hall–Kier alpha value is -0.713.